The predicted octanol–water partition coefficient (Wildman–Crippen LogP) is 5.11. The van der Waals surface area contributed by atoms with Gasteiger partial charge in [0.2, 0.25) is 6.41 Å². The number of aromatic nitrogens is 3. The lowest BCUT2D eigenvalue weighted by molar-refractivity contribution is -0.172. The lowest BCUT2D eigenvalue weighted by Crippen LogP contribution is -2.71. The molecular formula is C32H35N7O4S. The number of rotatable bonds is 4. The third-order valence-corrected chi connectivity index (χ3v) is 8.51. The average Bonchev–Trinajstić information content (AvgIpc) is 3.43. The maximum atomic E-state index is 13.1. The number of fused-ring (bicyclic) bond motifs is 1. The highest BCUT2D eigenvalue weighted by atomic mass is 32.1. The van der Waals surface area contributed by atoms with E-state index in [1.165, 1.54) is 11.3 Å². The second-order valence-corrected chi connectivity index (χ2v) is 12.8. The van der Waals surface area contributed by atoms with Crippen LogP contribution in [0.3, 0.4) is 0 Å². The molecule has 4 aromatic rings. The van der Waals surface area contributed by atoms with Gasteiger partial charge in [-0.25, -0.2) is 19.7 Å². The minimum absolute atomic E-state index is 0.0417. The summed E-state index contributed by atoms with van der Waals surface area (Å²) in [5.41, 5.74) is 4.15. The van der Waals surface area contributed by atoms with Crippen molar-refractivity contribution in [3.05, 3.63) is 60.0 Å². The summed E-state index contributed by atoms with van der Waals surface area (Å²) in [6, 6.07) is 15.1. The van der Waals surface area contributed by atoms with Gasteiger partial charge in [-0.15, -0.1) is 0 Å². The molecule has 228 valence electrons. The van der Waals surface area contributed by atoms with Crippen molar-refractivity contribution in [1.29, 1.82) is 5.26 Å². The van der Waals surface area contributed by atoms with Gasteiger partial charge < -0.3 is 19.3 Å². The number of anilines is 1. The zero-order valence-electron chi connectivity index (χ0n) is 25.5. The highest BCUT2D eigenvalue weighted by molar-refractivity contribution is 7.19. The molecule has 0 bridgehead atoms. The number of nitrogens with zero attached hydrogens (tertiary/aromatic N) is 6. The molecule has 2 aromatic carbocycles. The second-order valence-electron chi connectivity index (χ2n) is 11.8. The molecule has 2 aliphatic heterocycles. The van der Waals surface area contributed by atoms with Crippen LogP contribution in [0.25, 0.3) is 32.6 Å². The molecule has 44 heavy (non-hydrogen) atoms. The number of ether oxygens (including phenoxy) is 2. The lowest BCUT2D eigenvalue weighted by atomic mass is 9.92. The zero-order chi connectivity index (χ0) is 31.5. The van der Waals surface area contributed by atoms with Crippen LogP contribution >= 0.6 is 11.3 Å². The van der Waals surface area contributed by atoms with E-state index in [1.807, 2.05) is 58.0 Å². The molecule has 11 nitrogen and oxygen atoms in total. The summed E-state index contributed by atoms with van der Waals surface area (Å²) in [4.78, 5) is 41.9. The SMILES string of the molecule is COC(C)(C)C.Cc1ncnc2ccc(-c3sc(NC(=O)N4CC5(CN(C=O)CCO5)C4)nc3-c3cccc(C#N)c3)cc12. The first-order valence-corrected chi connectivity index (χ1v) is 15.0. The third kappa shape index (κ3) is 6.86. The number of hydrogen-bond acceptors (Lipinski definition) is 9. The molecule has 2 aromatic heterocycles. The van der Waals surface area contributed by atoms with E-state index in [-0.39, 0.29) is 11.6 Å². The summed E-state index contributed by atoms with van der Waals surface area (Å²) in [6.45, 7) is 10.3. The molecule has 3 amide bonds. The van der Waals surface area contributed by atoms with E-state index < -0.39 is 5.60 Å². The number of likely N-dealkylation sites (tertiary alicyclic amines) is 1. The summed E-state index contributed by atoms with van der Waals surface area (Å²) >= 11 is 1.37. The van der Waals surface area contributed by atoms with Crippen molar-refractivity contribution in [3.63, 3.8) is 0 Å². The fourth-order valence-electron chi connectivity index (χ4n) is 4.95. The number of benzene rings is 2. The zero-order valence-corrected chi connectivity index (χ0v) is 26.3. The first kappa shape index (κ1) is 31.0. The van der Waals surface area contributed by atoms with Crippen LogP contribution in [0.4, 0.5) is 9.93 Å². The molecule has 0 radical (unpaired) electrons. The van der Waals surface area contributed by atoms with Crippen LogP contribution in [0.1, 0.15) is 32.0 Å². The standard InChI is InChI=1S/C27H23N7O3S.C5H12O/c1-17-21-10-20(5-6-22(21)30-15-29-17)24-23(19-4-2-3-18(9-19)11-28)31-25(38-24)32-26(36)34-13-27(14-34)12-33(16-35)7-8-37-27;1-5(2,3)6-4/h2-6,9-10,15-16H,7-8,12-14H2,1H3,(H,31,32,36);1-4H3. The van der Waals surface area contributed by atoms with Crippen LogP contribution in [0.15, 0.2) is 48.8 Å². The van der Waals surface area contributed by atoms with Gasteiger partial charge in [0, 0.05) is 30.3 Å². The minimum Gasteiger partial charge on any atom is -0.379 e. The van der Waals surface area contributed by atoms with Gasteiger partial charge >= 0.3 is 6.03 Å². The monoisotopic (exact) mass is 613 g/mol. The van der Waals surface area contributed by atoms with E-state index in [1.54, 1.807) is 35.4 Å². The van der Waals surface area contributed by atoms with Crippen molar-refractivity contribution in [1.82, 2.24) is 24.8 Å². The van der Waals surface area contributed by atoms with Crippen molar-refractivity contribution < 1.29 is 19.1 Å². The van der Waals surface area contributed by atoms with E-state index in [0.29, 0.717) is 49.2 Å². The van der Waals surface area contributed by atoms with Gasteiger partial charge in [0.05, 0.1) is 59.6 Å². The summed E-state index contributed by atoms with van der Waals surface area (Å²) in [6.07, 6.45) is 2.37. The fourth-order valence-corrected chi connectivity index (χ4v) is 5.92. The largest absolute Gasteiger partial charge is 0.379 e. The van der Waals surface area contributed by atoms with Crippen molar-refractivity contribution in [3.8, 4) is 27.8 Å². The van der Waals surface area contributed by atoms with E-state index in [2.05, 4.69) is 21.4 Å². The Hall–Kier alpha value is -4.44. The molecule has 1 spiro atoms. The Morgan fingerprint density at radius 3 is 2.64 bits per heavy atom. The van der Waals surface area contributed by atoms with Crippen molar-refractivity contribution >= 4 is 39.8 Å². The van der Waals surface area contributed by atoms with E-state index in [0.717, 1.165) is 39.0 Å². The summed E-state index contributed by atoms with van der Waals surface area (Å²) in [7, 11) is 1.71. The highest BCUT2D eigenvalue weighted by Crippen LogP contribution is 2.40. The summed E-state index contributed by atoms with van der Waals surface area (Å²) < 4.78 is 10.8. The number of aryl methyl sites for hydroxylation is 1. The van der Waals surface area contributed by atoms with E-state index in [9.17, 15) is 14.9 Å². The molecule has 0 aliphatic carbocycles. The number of amides is 3. The molecule has 12 heteroatoms. The Kier molecular flexibility index (Phi) is 8.92. The van der Waals surface area contributed by atoms with Crippen LogP contribution < -0.4 is 5.32 Å². The molecule has 6 rings (SSSR count). The van der Waals surface area contributed by atoms with Crippen LogP contribution in [-0.4, -0.2) is 88.3 Å². The van der Waals surface area contributed by atoms with Crippen LogP contribution in [0, 0.1) is 18.3 Å². The van der Waals surface area contributed by atoms with Gasteiger partial charge in [-0.05, 0) is 57.5 Å². The molecule has 1 N–H and O–H groups in total. The summed E-state index contributed by atoms with van der Waals surface area (Å²) in [5, 5.41) is 13.7. The Morgan fingerprint density at radius 1 is 1.16 bits per heavy atom. The Bertz CT molecular complexity index is 1720. The molecule has 2 saturated heterocycles. The van der Waals surface area contributed by atoms with Crippen LogP contribution in [0.5, 0.6) is 0 Å². The number of nitriles is 1. The van der Waals surface area contributed by atoms with Crippen LogP contribution in [0.2, 0.25) is 0 Å². The number of nitrogens with one attached hydrogen (secondary N) is 1. The number of carbonyl (C=O) groups is 2. The lowest BCUT2D eigenvalue weighted by Gasteiger charge is -2.52. The van der Waals surface area contributed by atoms with Gasteiger partial charge in [-0.3, -0.25) is 10.1 Å². The number of hydrogen-bond donors (Lipinski definition) is 1. The van der Waals surface area contributed by atoms with Gasteiger partial charge in [-0.1, -0.05) is 29.5 Å². The fraction of sp³-hybridized carbons (Fsp3) is 0.375. The first-order chi connectivity index (χ1) is 21.0. The topological polar surface area (TPSA) is 134 Å². The second kappa shape index (κ2) is 12.7. The summed E-state index contributed by atoms with van der Waals surface area (Å²) in [5.74, 6) is 0. The molecule has 4 heterocycles. The van der Waals surface area contributed by atoms with Gasteiger partial charge in [0.25, 0.3) is 0 Å². The molecule has 2 aliphatic rings. The average molecular weight is 614 g/mol. The number of methoxy groups -OCH3 is 1. The maximum Gasteiger partial charge on any atom is 0.323 e. The van der Waals surface area contributed by atoms with E-state index >= 15 is 0 Å². The third-order valence-electron chi connectivity index (χ3n) is 7.49. The number of urea groups is 1. The van der Waals surface area contributed by atoms with Crippen molar-refractivity contribution in [2.24, 2.45) is 0 Å². The molecule has 0 unspecified atom stereocenters. The molecular weight excluding hydrogens is 578 g/mol. The van der Waals surface area contributed by atoms with Crippen molar-refractivity contribution in [2.45, 2.75) is 38.9 Å². The minimum atomic E-state index is -0.502. The molecule has 0 atom stereocenters. The highest BCUT2D eigenvalue weighted by Gasteiger charge is 2.49. The smallest absolute Gasteiger partial charge is 0.323 e. The molecule has 2 fully saturated rings. The number of carbonyl (C=O) groups excluding carboxylic acids is 2. The maximum absolute atomic E-state index is 13.1. The Balaban J connectivity index is 0.000000584. The normalized spacial score (nSPS) is 15.6. The van der Waals surface area contributed by atoms with Gasteiger partial charge in [0.15, 0.2) is 5.13 Å². The van der Waals surface area contributed by atoms with Crippen LogP contribution in [-0.2, 0) is 14.3 Å². The molecule has 0 saturated carbocycles. The first-order valence-electron chi connectivity index (χ1n) is 14.2. The van der Waals surface area contributed by atoms with Crippen molar-refractivity contribution in [2.75, 3.05) is 45.2 Å². The Morgan fingerprint density at radius 2 is 1.93 bits per heavy atom. The van der Waals surface area contributed by atoms with E-state index in [4.69, 9.17) is 14.5 Å². The van der Waals surface area contributed by atoms with Gasteiger partial charge in [0.1, 0.15) is 11.9 Å². The number of thiazole rings is 1. The predicted molar refractivity (Wildman–Crippen MR) is 169 cm³/mol. The number of morpholine rings is 1. The Labute approximate surface area is 260 Å². The van der Waals surface area contributed by atoms with Gasteiger partial charge in [-0.2, -0.15) is 5.26 Å². The quantitative estimate of drug-likeness (QED) is 0.314.